The van der Waals surface area contributed by atoms with Gasteiger partial charge in [0.2, 0.25) is 5.91 Å². The molecule has 5 nitrogen and oxygen atoms in total. The first-order chi connectivity index (χ1) is 8.49. The van der Waals surface area contributed by atoms with E-state index in [0.717, 1.165) is 17.0 Å². The molecule has 18 heavy (non-hydrogen) atoms. The van der Waals surface area contributed by atoms with Crippen molar-refractivity contribution in [2.75, 3.05) is 6.54 Å². The van der Waals surface area contributed by atoms with Crippen molar-refractivity contribution in [2.45, 2.75) is 12.5 Å². The summed E-state index contributed by atoms with van der Waals surface area (Å²) in [5, 5.41) is 9.16. The van der Waals surface area contributed by atoms with Crippen molar-refractivity contribution in [2.24, 2.45) is 0 Å². The predicted octanol–water partition coefficient (Wildman–Crippen LogP) is 0.753. The lowest BCUT2D eigenvalue weighted by atomic mass is 10.1. The minimum Gasteiger partial charge on any atom is -0.479 e. The predicted molar refractivity (Wildman–Crippen MR) is 58.1 cm³/mol. The number of rotatable bonds is 3. The van der Waals surface area contributed by atoms with Gasteiger partial charge in [-0.2, -0.15) is 0 Å². The van der Waals surface area contributed by atoms with Gasteiger partial charge in [0.15, 0.2) is 11.8 Å². The van der Waals surface area contributed by atoms with Crippen LogP contribution < -0.4 is 0 Å². The van der Waals surface area contributed by atoms with Crippen LogP contribution in [0.5, 0.6) is 0 Å². The van der Waals surface area contributed by atoms with Crippen LogP contribution in [0.2, 0.25) is 0 Å². The number of aliphatic carboxylic acids is 1. The molecule has 1 aromatic carbocycles. The molecule has 6 heteroatoms. The standard InChI is InChI=1S/C12H10FNO4/c13-8-3-1-7(2-4-8)11(12(17)18)14-6-9(15)5-10(14)16/h1-4,11H,5-6H2,(H,17,18)/t11-/m0/s1. The van der Waals surface area contributed by atoms with E-state index in [2.05, 4.69) is 0 Å². The lowest BCUT2D eigenvalue weighted by molar-refractivity contribution is -0.148. The average Bonchev–Trinajstić information content (AvgIpc) is 2.61. The Kier molecular flexibility index (Phi) is 3.10. The molecule has 0 radical (unpaired) electrons. The highest BCUT2D eigenvalue weighted by Crippen LogP contribution is 2.25. The molecule has 1 heterocycles. The number of hydrogen-bond acceptors (Lipinski definition) is 3. The number of Topliss-reactive ketones (excluding diaryl/α,β-unsaturated/α-hetero) is 1. The molecular formula is C12H10FNO4. The Morgan fingerprint density at radius 2 is 1.89 bits per heavy atom. The fourth-order valence-electron chi connectivity index (χ4n) is 1.94. The minimum absolute atomic E-state index is 0.215. The maximum Gasteiger partial charge on any atom is 0.331 e. The van der Waals surface area contributed by atoms with E-state index in [9.17, 15) is 18.8 Å². The van der Waals surface area contributed by atoms with Crippen LogP contribution in [0.25, 0.3) is 0 Å². The van der Waals surface area contributed by atoms with Gasteiger partial charge in [-0.25, -0.2) is 9.18 Å². The van der Waals surface area contributed by atoms with E-state index in [1.54, 1.807) is 0 Å². The van der Waals surface area contributed by atoms with Crippen LogP contribution in [0.1, 0.15) is 18.0 Å². The first-order valence-corrected chi connectivity index (χ1v) is 5.28. The first-order valence-electron chi connectivity index (χ1n) is 5.28. The SMILES string of the molecule is O=C1CC(=O)N([C@H](C(=O)O)c2ccc(F)cc2)C1. The van der Waals surface area contributed by atoms with Crippen molar-refractivity contribution in [1.82, 2.24) is 4.90 Å². The highest BCUT2D eigenvalue weighted by atomic mass is 19.1. The molecule has 0 unspecified atom stereocenters. The molecule has 0 aromatic heterocycles. The molecule has 1 amide bonds. The Bertz CT molecular complexity index is 511. The van der Waals surface area contributed by atoms with E-state index in [1.807, 2.05) is 0 Å². The number of amides is 1. The van der Waals surface area contributed by atoms with Crippen LogP contribution in [0.4, 0.5) is 4.39 Å². The van der Waals surface area contributed by atoms with Gasteiger partial charge in [0, 0.05) is 0 Å². The fourth-order valence-corrected chi connectivity index (χ4v) is 1.94. The quantitative estimate of drug-likeness (QED) is 0.804. The van der Waals surface area contributed by atoms with Gasteiger partial charge in [-0.15, -0.1) is 0 Å². The summed E-state index contributed by atoms with van der Waals surface area (Å²) in [6.45, 7) is -0.215. The number of carbonyl (C=O) groups excluding carboxylic acids is 2. The van der Waals surface area contributed by atoms with E-state index in [4.69, 9.17) is 5.11 Å². The lowest BCUT2D eigenvalue weighted by Gasteiger charge is -2.23. The molecule has 1 atom stereocenters. The Morgan fingerprint density at radius 1 is 1.28 bits per heavy atom. The summed E-state index contributed by atoms with van der Waals surface area (Å²) in [5.41, 5.74) is 0.270. The molecule has 0 spiro atoms. The van der Waals surface area contributed by atoms with Gasteiger partial charge in [-0.05, 0) is 17.7 Å². The van der Waals surface area contributed by atoms with E-state index in [1.165, 1.54) is 12.1 Å². The highest BCUT2D eigenvalue weighted by Gasteiger charge is 2.37. The van der Waals surface area contributed by atoms with Crippen LogP contribution in [0.3, 0.4) is 0 Å². The molecule has 1 aromatic rings. The van der Waals surface area contributed by atoms with Crippen LogP contribution in [0.15, 0.2) is 24.3 Å². The monoisotopic (exact) mass is 251 g/mol. The third-order valence-electron chi connectivity index (χ3n) is 2.75. The van der Waals surface area contributed by atoms with Crippen molar-refractivity contribution in [3.8, 4) is 0 Å². The summed E-state index contributed by atoms with van der Waals surface area (Å²) in [5.74, 6) is -2.57. The zero-order valence-corrected chi connectivity index (χ0v) is 9.30. The Morgan fingerprint density at radius 3 is 2.33 bits per heavy atom. The number of carbonyl (C=O) groups is 3. The summed E-state index contributed by atoms with van der Waals surface area (Å²) < 4.78 is 12.8. The van der Waals surface area contributed by atoms with Crippen molar-refractivity contribution in [3.63, 3.8) is 0 Å². The van der Waals surface area contributed by atoms with Gasteiger partial charge >= 0.3 is 5.97 Å². The maximum atomic E-state index is 12.8. The number of carboxylic acid groups (broad SMARTS) is 1. The van der Waals surface area contributed by atoms with E-state index in [0.29, 0.717) is 0 Å². The summed E-state index contributed by atoms with van der Waals surface area (Å²) in [7, 11) is 0. The van der Waals surface area contributed by atoms with Gasteiger partial charge in [0.05, 0.1) is 13.0 Å². The lowest BCUT2D eigenvalue weighted by Crippen LogP contribution is -2.35. The van der Waals surface area contributed by atoms with Crippen LogP contribution in [0, 0.1) is 5.82 Å². The Hall–Kier alpha value is -2.24. The molecule has 1 saturated heterocycles. The minimum atomic E-state index is -1.25. The summed E-state index contributed by atoms with van der Waals surface area (Å²) in [4.78, 5) is 34.9. The number of nitrogens with zero attached hydrogens (tertiary/aromatic N) is 1. The number of benzene rings is 1. The van der Waals surface area contributed by atoms with Crippen molar-refractivity contribution in [3.05, 3.63) is 35.6 Å². The molecule has 1 aliphatic rings. The van der Waals surface area contributed by atoms with E-state index in [-0.39, 0.29) is 24.3 Å². The first kappa shape index (κ1) is 12.2. The molecule has 0 aliphatic carbocycles. The van der Waals surface area contributed by atoms with Gasteiger partial charge in [0.1, 0.15) is 5.82 Å². The molecule has 0 bridgehead atoms. The number of ketones is 1. The second-order valence-electron chi connectivity index (χ2n) is 4.03. The Labute approximate surface area is 102 Å². The third kappa shape index (κ3) is 2.22. The highest BCUT2D eigenvalue weighted by molar-refractivity contribution is 6.06. The molecule has 94 valence electrons. The van der Waals surface area contributed by atoms with E-state index >= 15 is 0 Å². The van der Waals surface area contributed by atoms with E-state index < -0.39 is 23.7 Å². The van der Waals surface area contributed by atoms with Crippen LogP contribution >= 0.6 is 0 Å². The number of halogens is 1. The van der Waals surface area contributed by atoms with Crippen molar-refractivity contribution < 1.29 is 23.9 Å². The smallest absolute Gasteiger partial charge is 0.331 e. The largest absolute Gasteiger partial charge is 0.479 e. The molecule has 0 saturated carbocycles. The zero-order valence-electron chi connectivity index (χ0n) is 9.30. The van der Waals surface area contributed by atoms with Crippen LogP contribution in [-0.4, -0.2) is 34.2 Å². The number of carboxylic acids is 1. The number of hydrogen-bond donors (Lipinski definition) is 1. The fraction of sp³-hybridized carbons (Fsp3) is 0.250. The second-order valence-corrected chi connectivity index (χ2v) is 4.03. The summed E-state index contributed by atoms with van der Waals surface area (Å²) in [6.07, 6.45) is -0.273. The van der Waals surface area contributed by atoms with Crippen molar-refractivity contribution in [1.29, 1.82) is 0 Å². The molecular weight excluding hydrogens is 241 g/mol. The normalized spacial score (nSPS) is 17.1. The maximum absolute atomic E-state index is 12.8. The number of likely N-dealkylation sites (tertiary alicyclic amines) is 1. The zero-order chi connectivity index (χ0) is 13.3. The topological polar surface area (TPSA) is 74.7 Å². The molecule has 1 N–H and O–H groups in total. The van der Waals surface area contributed by atoms with Crippen LogP contribution in [-0.2, 0) is 14.4 Å². The summed E-state index contributed by atoms with van der Waals surface area (Å²) in [6, 6.07) is 3.58. The molecule has 1 aliphatic heterocycles. The van der Waals surface area contributed by atoms with Gasteiger partial charge in [0.25, 0.3) is 0 Å². The average molecular weight is 251 g/mol. The van der Waals surface area contributed by atoms with Gasteiger partial charge < -0.3 is 10.0 Å². The van der Waals surface area contributed by atoms with Crippen molar-refractivity contribution >= 4 is 17.7 Å². The molecule has 1 fully saturated rings. The third-order valence-corrected chi connectivity index (χ3v) is 2.75. The molecule has 2 rings (SSSR count). The van der Waals surface area contributed by atoms with Gasteiger partial charge in [-0.1, -0.05) is 12.1 Å². The Balaban J connectivity index is 2.34. The second kappa shape index (κ2) is 4.56. The summed E-state index contributed by atoms with van der Waals surface area (Å²) >= 11 is 0. The van der Waals surface area contributed by atoms with Gasteiger partial charge in [-0.3, -0.25) is 9.59 Å².